The van der Waals surface area contributed by atoms with Crippen molar-refractivity contribution in [2.75, 3.05) is 6.54 Å². The number of amides is 1. The molecule has 0 spiro atoms. The number of aromatic nitrogens is 3. The summed E-state index contributed by atoms with van der Waals surface area (Å²) in [5.74, 6) is 1.81. The number of hydrogen-bond donors (Lipinski definition) is 0. The van der Waals surface area contributed by atoms with Crippen molar-refractivity contribution in [2.24, 2.45) is 0 Å². The van der Waals surface area contributed by atoms with E-state index < -0.39 is 0 Å². The molecular weight excluding hydrogens is 323 g/mol. The standard InChI is InChI=1S/C18H23FN4O2/c1-2-10-23-17(12-22-11-4-3-5-18(22)24)20-16(21-23)13-25-15-8-6-14(19)7-9-15/h6-9H,2-5,10-13H2,1H3. The van der Waals surface area contributed by atoms with E-state index in [-0.39, 0.29) is 18.3 Å². The number of halogens is 1. The highest BCUT2D eigenvalue weighted by Gasteiger charge is 2.21. The van der Waals surface area contributed by atoms with Gasteiger partial charge in [-0.05, 0) is 43.5 Å². The van der Waals surface area contributed by atoms with E-state index in [1.54, 1.807) is 12.1 Å². The van der Waals surface area contributed by atoms with Gasteiger partial charge in [0.1, 0.15) is 24.0 Å². The zero-order valence-electron chi connectivity index (χ0n) is 14.4. The molecular formula is C18H23FN4O2. The second-order valence-corrected chi connectivity index (χ2v) is 6.18. The van der Waals surface area contributed by atoms with E-state index >= 15 is 0 Å². The Morgan fingerprint density at radius 3 is 2.76 bits per heavy atom. The van der Waals surface area contributed by atoms with Gasteiger partial charge in [0, 0.05) is 19.5 Å². The van der Waals surface area contributed by atoms with Crippen molar-refractivity contribution in [3.8, 4) is 5.75 Å². The Kier molecular flexibility index (Phi) is 5.63. The Balaban J connectivity index is 1.67. The third-order valence-electron chi connectivity index (χ3n) is 4.16. The number of ether oxygens (including phenoxy) is 1. The van der Waals surface area contributed by atoms with Gasteiger partial charge in [0.05, 0.1) is 6.54 Å². The van der Waals surface area contributed by atoms with E-state index in [4.69, 9.17) is 4.74 Å². The number of hydrogen-bond acceptors (Lipinski definition) is 4. The minimum Gasteiger partial charge on any atom is -0.486 e. The van der Waals surface area contributed by atoms with Crippen LogP contribution in [-0.2, 0) is 24.5 Å². The Morgan fingerprint density at radius 1 is 1.24 bits per heavy atom. The molecule has 0 aliphatic carbocycles. The summed E-state index contributed by atoms with van der Waals surface area (Å²) in [6.07, 6.45) is 3.55. The second kappa shape index (κ2) is 8.09. The molecule has 0 N–H and O–H groups in total. The van der Waals surface area contributed by atoms with Gasteiger partial charge in [-0.25, -0.2) is 14.1 Å². The summed E-state index contributed by atoms with van der Waals surface area (Å²) in [6, 6.07) is 5.86. The lowest BCUT2D eigenvalue weighted by atomic mass is 10.1. The molecule has 0 atom stereocenters. The first-order chi connectivity index (χ1) is 12.2. The Labute approximate surface area is 146 Å². The fraction of sp³-hybridized carbons (Fsp3) is 0.500. The van der Waals surface area contributed by atoms with Crippen LogP contribution in [0.3, 0.4) is 0 Å². The maximum Gasteiger partial charge on any atom is 0.222 e. The summed E-state index contributed by atoms with van der Waals surface area (Å²) in [5, 5.41) is 4.49. The number of likely N-dealkylation sites (tertiary alicyclic amines) is 1. The maximum atomic E-state index is 12.9. The first kappa shape index (κ1) is 17.4. The van der Waals surface area contributed by atoms with Gasteiger partial charge in [0.15, 0.2) is 5.82 Å². The Morgan fingerprint density at radius 2 is 2.04 bits per heavy atom. The average molecular weight is 346 g/mol. The molecule has 25 heavy (non-hydrogen) atoms. The molecule has 1 fully saturated rings. The molecule has 0 unspecified atom stereocenters. The van der Waals surface area contributed by atoms with E-state index in [0.717, 1.165) is 38.2 Å². The van der Waals surface area contributed by atoms with Crippen molar-refractivity contribution < 1.29 is 13.9 Å². The van der Waals surface area contributed by atoms with Crippen molar-refractivity contribution in [1.29, 1.82) is 0 Å². The van der Waals surface area contributed by atoms with Crippen LogP contribution in [0.25, 0.3) is 0 Å². The summed E-state index contributed by atoms with van der Waals surface area (Å²) in [5.41, 5.74) is 0. The molecule has 0 radical (unpaired) electrons. The number of carbonyl (C=O) groups is 1. The number of benzene rings is 1. The molecule has 0 bridgehead atoms. The topological polar surface area (TPSA) is 60.2 Å². The van der Waals surface area contributed by atoms with E-state index in [9.17, 15) is 9.18 Å². The lowest BCUT2D eigenvalue weighted by molar-refractivity contribution is -0.134. The SMILES string of the molecule is CCCn1nc(COc2ccc(F)cc2)nc1CN1CCCCC1=O. The number of aryl methyl sites for hydroxylation is 1. The van der Waals surface area contributed by atoms with Crippen molar-refractivity contribution in [3.05, 3.63) is 41.7 Å². The minimum absolute atomic E-state index is 0.182. The minimum atomic E-state index is -0.300. The zero-order chi connectivity index (χ0) is 17.6. The van der Waals surface area contributed by atoms with E-state index in [0.29, 0.717) is 24.5 Å². The van der Waals surface area contributed by atoms with Crippen LogP contribution in [0.15, 0.2) is 24.3 Å². The Hall–Kier alpha value is -2.44. The van der Waals surface area contributed by atoms with Gasteiger partial charge in [0.2, 0.25) is 5.91 Å². The summed E-state index contributed by atoms with van der Waals surface area (Å²) < 4.78 is 20.4. The first-order valence-corrected chi connectivity index (χ1v) is 8.74. The quantitative estimate of drug-likeness (QED) is 0.773. The molecule has 2 aromatic rings. The predicted molar refractivity (Wildman–Crippen MR) is 90.3 cm³/mol. The molecule has 0 saturated carbocycles. The summed E-state index contributed by atoms with van der Waals surface area (Å²) in [7, 11) is 0. The third kappa shape index (κ3) is 4.55. The average Bonchev–Trinajstić information content (AvgIpc) is 2.99. The van der Waals surface area contributed by atoms with Crippen molar-refractivity contribution in [3.63, 3.8) is 0 Å². The monoisotopic (exact) mass is 346 g/mol. The molecule has 6 nitrogen and oxygen atoms in total. The predicted octanol–water partition coefficient (Wildman–Crippen LogP) is 2.92. The second-order valence-electron chi connectivity index (χ2n) is 6.18. The molecule has 1 saturated heterocycles. The van der Waals surface area contributed by atoms with Crippen LogP contribution in [0.2, 0.25) is 0 Å². The van der Waals surface area contributed by atoms with Gasteiger partial charge in [-0.2, -0.15) is 5.10 Å². The van der Waals surface area contributed by atoms with Gasteiger partial charge in [-0.15, -0.1) is 0 Å². The fourth-order valence-corrected chi connectivity index (χ4v) is 2.87. The van der Waals surface area contributed by atoms with Gasteiger partial charge < -0.3 is 9.64 Å². The third-order valence-corrected chi connectivity index (χ3v) is 4.16. The van der Waals surface area contributed by atoms with Gasteiger partial charge in [-0.3, -0.25) is 4.79 Å². The van der Waals surface area contributed by atoms with E-state index in [2.05, 4.69) is 17.0 Å². The first-order valence-electron chi connectivity index (χ1n) is 8.74. The number of nitrogens with zero attached hydrogens (tertiary/aromatic N) is 4. The van der Waals surface area contributed by atoms with Crippen LogP contribution in [0, 0.1) is 5.82 Å². The number of piperidine rings is 1. The van der Waals surface area contributed by atoms with Crippen molar-refractivity contribution in [2.45, 2.75) is 52.3 Å². The van der Waals surface area contributed by atoms with Crippen LogP contribution >= 0.6 is 0 Å². The molecule has 1 aromatic carbocycles. The molecule has 1 aliphatic heterocycles. The smallest absolute Gasteiger partial charge is 0.222 e. The lowest BCUT2D eigenvalue weighted by Gasteiger charge is -2.26. The van der Waals surface area contributed by atoms with E-state index in [1.165, 1.54) is 12.1 Å². The highest BCUT2D eigenvalue weighted by Crippen LogP contribution is 2.15. The summed E-state index contributed by atoms with van der Waals surface area (Å²) in [4.78, 5) is 18.4. The molecule has 2 heterocycles. The van der Waals surface area contributed by atoms with Crippen LogP contribution in [0.1, 0.15) is 44.3 Å². The van der Waals surface area contributed by atoms with E-state index in [1.807, 2.05) is 9.58 Å². The van der Waals surface area contributed by atoms with Gasteiger partial charge in [0.25, 0.3) is 0 Å². The molecule has 1 aliphatic rings. The highest BCUT2D eigenvalue weighted by atomic mass is 19.1. The number of carbonyl (C=O) groups excluding carboxylic acids is 1. The summed E-state index contributed by atoms with van der Waals surface area (Å²) in [6.45, 7) is 4.30. The molecule has 7 heteroatoms. The molecule has 134 valence electrons. The Bertz CT molecular complexity index is 714. The highest BCUT2D eigenvalue weighted by molar-refractivity contribution is 5.76. The fourth-order valence-electron chi connectivity index (χ4n) is 2.87. The van der Waals surface area contributed by atoms with Crippen LogP contribution < -0.4 is 4.74 Å². The zero-order valence-corrected chi connectivity index (χ0v) is 14.4. The van der Waals surface area contributed by atoms with Crippen LogP contribution in [0.4, 0.5) is 4.39 Å². The van der Waals surface area contributed by atoms with Crippen LogP contribution in [0.5, 0.6) is 5.75 Å². The maximum absolute atomic E-state index is 12.9. The van der Waals surface area contributed by atoms with Gasteiger partial charge in [-0.1, -0.05) is 6.92 Å². The lowest BCUT2D eigenvalue weighted by Crippen LogP contribution is -2.35. The van der Waals surface area contributed by atoms with Gasteiger partial charge >= 0.3 is 0 Å². The largest absolute Gasteiger partial charge is 0.486 e. The normalized spacial score (nSPS) is 14.8. The molecule has 3 rings (SSSR count). The molecule has 1 aromatic heterocycles. The summed E-state index contributed by atoms with van der Waals surface area (Å²) >= 11 is 0. The number of rotatable bonds is 7. The van der Waals surface area contributed by atoms with Crippen LogP contribution in [-0.4, -0.2) is 32.1 Å². The van der Waals surface area contributed by atoms with Crippen molar-refractivity contribution in [1.82, 2.24) is 19.7 Å². The van der Waals surface area contributed by atoms with Crippen molar-refractivity contribution >= 4 is 5.91 Å². The molecule has 1 amide bonds.